The van der Waals surface area contributed by atoms with Gasteiger partial charge in [-0.1, -0.05) is 6.07 Å². The molecule has 0 aliphatic carbocycles. The number of carboxylic acid groups (broad SMARTS) is 1. The molecule has 4 nitrogen and oxygen atoms in total. The molecule has 1 fully saturated rings. The van der Waals surface area contributed by atoms with Crippen LogP contribution in [-0.4, -0.2) is 36.0 Å². The monoisotopic (exact) mass is 253 g/mol. The van der Waals surface area contributed by atoms with E-state index in [1.54, 1.807) is 11.8 Å². The van der Waals surface area contributed by atoms with Crippen molar-refractivity contribution in [3.8, 4) is 5.75 Å². The highest BCUT2D eigenvalue weighted by Crippen LogP contribution is 2.23. The van der Waals surface area contributed by atoms with Gasteiger partial charge in [0.05, 0.1) is 0 Å². The number of carboxylic acids is 1. The molecule has 2 N–H and O–H groups in total. The van der Waals surface area contributed by atoms with Gasteiger partial charge in [0.25, 0.3) is 0 Å². The number of benzene rings is 1. The van der Waals surface area contributed by atoms with Gasteiger partial charge in [0.1, 0.15) is 17.9 Å². The Morgan fingerprint density at radius 2 is 2.41 bits per heavy atom. The molecule has 2 atom stereocenters. The lowest BCUT2D eigenvalue weighted by Gasteiger charge is -2.13. The number of hydrogen-bond donors (Lipinski definition) is 2. The lowest BCUT2D eigenvalue weighted by molar-refractivity contribution is -0.139. The maximum absolute atomic E-state index is 10.8. The molecule has 5 heteroatoms. The molecule has 0 bridgehead atoms. The number of nitrogens with one attached hydrogen (secondary N) is 1. The average Bonchev–Trinajstić information content (AvgIpc) is 2.78. The maximum atomic E-state index is 10.8. The minimum absolute atomic E-state index is 0.0618. The molecule has 1 heterocycles. The van der Waals surface area contributed by atoms with Gasteiger partial charge >= 0.3 is 5.97 Å². The highest BCUT2D eigenvalue weighted by Gasteiger charge is 2.30. The van der Waals surface area contributed by atoms with E-state index in [4.69, 9.17) is 9.84 Å². The largest absolute Gasteiger partial charge is 0.489 e. The van der Waals surface area contributed by atoms with Crippen LogP contribution >= 0.6 is 11.8 Å². The number of ether oxygens (including phenoxy) is 1. The predicted octanol–water partition coefficient (Wildman–Crippen LogP) is 1.60. The molecular weight excluding hydrogens is 238 g/mol. The zero-order chi connectivity index (χ0) is 12.3. The van der Waals surface area contributed by atoms with Crippen molar-refractivity contribution in [1.82, 2.24) is 5.32 Å². The average molecular weight is 253 g/mol. The van der Waals surface area contributed by atoms with Gasteiger partial charge in [0.2, 0.25) is 0 Å². The third-order valence-corrected chi connectivity index (χ3v) is 3.46. The molecule has 0 saturated carbocycles. The lowest BCUT2D eigenvalue weighted by Crippen LogP contribution is -2.30. The Balaban J connectivity index is 1.95. The van der Waals surface area contributed by atoms with Gasteiger partial charge in [-0.25, -0.2) is 0 Å². The van der Waals surface area contributed by atoms with Crippen LogP contribution < -0.4 is 10.1 Å². The van der Waals surface area contributed by atoms with E-state index in [-0.39, 0.29) is 6.10 Å². The van der Waals surface area contributed by atoms with E-state index in [2.05, 4.69) is 5.32 Å². The Hall–Kier alpha value is -1.20. The molecule has 92 valence electrons. The van der Waals surface area contributed by atoms with Gasteiger partial charge in [0.15, 0.2) is 0 Å². The normalized spacial score (nSPS) is 23.6. The highest BCUT2D eigenvalue weighted by atomic mass is 32.2. The second-order valence-corrected chi connectivity index (χ2v) is 4.83. The molecule has 1 aromatic carbocycles. The van der Waals surface area contributed by atoms with Crippen molar-refractivity contribution >= 4 is 17.7 Å². The van der Waals surface area contributed by atoms with E-state index in [0.29, 0.717) is 13.0 Å². The summed E-state index contributed by atoms with van der Waals surface area (Å²) in [5.74, 6) is -0.0105. The molecule has 1 aliphatic heterocycles. The Morgan fingerprint density at radius 3 is 3.06 bits per heavy atom. The van der Waals surface area contributed by atoms with E-state index in [1.165, 1.54) is 0 Å². The second-order valence-electron chi connectivity index (χ2n) is 3.95. The molecule has 2 rings (SSSR count). The summed E-state index contributed by atoms with van der Waals surface area (Å²) >= 11 is 1.66. The smallest absolute Gasteiger partial charge is 0.320 e. The van der Waals surface area contributed by atoms with E-state index in [0.717, 1.165) is 10.6 Å². The summed E-state index contributed by atoms with van der Waals surface area (Å²) < 4.78 is 5.76. The molecule has 1 aliphatic rings. The molecule has 1 aromatic rings. The number of thioether (sulfide) groups is 1. The van der Waals surface area contributed by atoms with Gasteiger partial charge in [-0.3, -0.25) is 4.79 Å². The predicted molar refractivity (Wildman–Crippen MR) is 66.7 cm³/mol. The molecule has 0 amide bonds. The van der Waals surface area contributed by atoms with Crippen molar-refractivity contribution in [3.63, 3.8) is 0 Å². The molecule has 1 saturated heterocycles. The first-order chi connectivity index (χ1) is 8.19. The Morgan fingerprint density at radius 1 is 1.59 bits per heavy atom. The van der Waals surface area contributed by atoms with Crippen LogP contribution in [0.1, 0.15) is 6.42 Å². The van der Waals surface area contributed by atoms with E-state index >= 15 is 0 Å². The third kappa shape index (κ3) is 3.14. The minimum Gasteiger partial charge on any atom is -0.489 e. The first kappa shape index (κ1) is 12.3. The van der Waals surface area contributed by atoms with Gasteiger partial charge in [-0.05, 0) is 24.5 Å². The van der Waals surface area contributed by atoms with Gasteiger partial charge in [-0.15, -0.1) is 11.8 Å². The van der Waals surface area contributed by atoms with Crippen molar-refractivity contribution in [1.29, 1.82) is 0 Å². The van der Waals surface area contributed by atoms with Crippen LogP contribution in [-0.2, 0) is 4.79 Å². The van der Waals surface area contributed by atoms with Crippen molar-refractivity contribution in [2.45, 2.75) is 23.5 Å². The van der Waals surface area contributed by atoms with Gasteiger partial charge < -0.3 is 15.2 Å². The Kier molecular flexibility index (Phi) is 3.91. The van der Waals surface area contributed by atoms with Gasteiger partial charge in [0, 0.05) is 17.9 Å². The summed E-state index contributed by atoms with van der Waals surface area (Å²) in [7, 11) is 0. The molecule has 0 spiro atoms. The fourth-order valence-corrected chi connectivity index (χ4v) is 2.30. The topological polar surface area (TPSA) is 58.6 Å². The second kappa shape index (κ2) is 5.42. The Labute approximate surface area is 104 Å². The highest BCUT2D eigenvalue weighted by molar-refractivity contribution is 7.98. The summed E-state index contributed by atoms with van der Waals surface area (Å²) in [6.45, 7) is 0.584. The zero-order valence-electron chi connectivity index (χ0n) is 9.55. The van der Waals surface area contributed by atoms with Gasteiger partial charge in [-0.2, -0.15) is 0 Å². The summed E-state index contributed by atoms with van der Waals surface area (Å²) in [5.41, 5.74) is 0. The summed E-state index contributed by atoms with van der Waals surface area (Å²) in [6.07, 6.45) is 2.46. The molecule has 17 heavy (non-hydrogen) atoms. The van der Waals surface area contributed by atoms with Crippen LogP contribution in [0.4, 0.5) is 0 Å². The molecular formula is C12H15NO3S. The molecule has 0 radical (unpaired) electrons. The summed E-state index contributed by atoms with van der Waals surface area (Å²) in [4.78, 5) is 11.9. The first-order valence-electron chi connectivity index (χ1n) is 5.46. The summed E-state index contributed by atoms with van der Waals surface area (Å²) in [6, 6.07) is 7.35. The standard InChI is InChI=1S/C12H15NO3S/c1-17-10-4-2-3-8(5-10)16-9-6-11(12(14)15)13-7-9/h2-5,9,11,13H,6-7H2,1H3,(H,14,15)/t9-,11-/m0/s1. The van der Waals surface area contributed by atoms with Crippen LogP contribution in [0.5, 0.6) is 5.75 Å². The fourth-order valence-electron chi connectivity index (χ4n) is 1.85. The first-order valence-corrected chi connectivity index (χ1v) is 6.68. The van der Waals surface area contributed by atoms with Crippen molar-refractivity contribution in [2.24, 2.45) is 0 Å². The minimum atomic E-state index is -0.811. The Bertz CT molecular complexity index is 410. The lowest BCUT2D eigenvalue weighted by atomic mass is 10.2. The maximum Gasteiger partial charge on any atom is 0.320 e. The fraction of sp³-hybridized carbons (Fsp3) is 0.417. The van der Waals surface area contributed by atoms with E-state index < -0.39 is 12.0 Å². The van der Waals surface area contributed by atoms with Crippen molar-refractivity contribution < 1.29 is 14.6 Å². The van der Waals surface area contributed by atoms with Crippen molar-refractivity contribution in [3.05, 3.63) is 24.3 Å². The third-order valence-electron chi connectivity index (χ3n) is 2.73. The van der Waals surface area contributed by atoms with Crippen LogP contribution in [0.2, 0.25) is 0 Å². The number of hydrogen-bond acceptors (Lipinski definition) is 4. The number of carbonyl (C=O) groups is 1. The zero-order valence-corrected chi connectivity index (χ0v) is 10.4. The quantitative estimate of drug-likeness (QED) is 0.798. The van der Waals surface area contributed by atoms with E-state index in [1.807, 2.05) is 30.5 Å². The summed E-state index contributed by atoms with van der Waals surface area (Å²) in [5, 5.41) is 11.8. The van der Waals surface area contributed by atoms with Crippen molar-refractivity contribution in [2.75, 3.05) is 12.8 Å². The van der Waals surface area contributed by atoms with Crippen LogP contribution in [0.25, 0.3) is 0 Å². The number of rotatable bonds is 4. The molecule has 0 unspecified atom stereocenters. The van der Waals surface area contributed by atoms with Crippen LogP contribution in [0.3, 0.4) is 0 Å². The molecule has 0 aromatic heterocycles. The SMILES string of the molecule is CSc1cccc(O[C@@H]2CN[C@H](C(=O)O)C2)c1. The van der Waals surface area contributed by atoms with Crippen LogP contribution in [0, 0.1) is 0 Å². The van der Waals surface area contributed by atoms with Crippen LogP contribution in [0.15, 0.2) is 29.2 Å². The number of aliphatic carboxylic acids is 1. The van der Waals surface area contributed by atoms with E-state index in [9.17, 15) is 4.79 Å².